The molecule has 7 heteroatoms. The first-order valence-electron chi connectivity index (χ1n) is 8.78. The van der Waals surface area contributed by atoms with Gasteiger partial charge in [0.05, 0.1) is 5.01 Å². The number of rotatable bonds is 6. The molecule has 0 unspecified atom stereocenters. The van der Waals surface area contributed by atoms with E-state index in [1.807, 2.05) is 6.20 Å². The van der Waals surface area contributed by atoms with Gasteiger partial charge in [-0.05, 0) is 40.5 Å². The van der Waals surface area contributed by atoms with Gasteiger partial charge in [-0.25, -0.2) is 4.98 Å². The van der Waals surface area contributed by atoms with Gasteiger partial charge < -0.3 is 15.5 Å². The van der Waals surface area contributed by atoms with Gasteiger partial charge in [-0.2, -0.15) is 0 Å². The molecule has 1 aromatic rings. The molecule has 2 N–H and O–H groups in total. The number of guanidine groups is 1. The van der Waals surface area contributed by atoms with E-state index in [1.54, 1.807) is 11.3 Å². The molecule has 2 rings (SSSR count). The van der Waals surface area contributed by atoms with Gasteiger partial charge in [-0.1, -0.05) is 0 Å². The summed E-state index contributed by atoms with van der Waals surface area (Å²) in [6.07, 6.45) is 5.24. The van der Waals surface area contributed by atoms with E-state index >= 15 is 0 Å². The highest BCUT2D eigenvalue weighted by Crippen LogP contribution is 2.13. The van der Waals surface area contributed by atoms with Crippen molar-refractivity contribution < 1.29 is 0 Å². The van der Waals surface area contributed by atoms with Gasteiger partial charge in [0, 0.05) is 55.8 Å². The summed E-state index contributed by atoms with van der Waals surface area (Å²) in [5.74, 6) is 0.948. The highest BCUT2D eigenvalue weighted by molar-refractivity contribution is 14.0. The lowest BCUT2D eigenvalue weighted by atomic mass is 10.0. The Morgan fingerprint density at radius 3 is 2.67 bits per heavy atom. The van der Waals surface area contributed by atoms with Gasteiger partial charge in [0.1, 0.15) is 0 Å². The summed E-state index contributed by atoms with van der Waals surface area (Å²) < 4.78 is 0. The first kappa shape index (κ1) is 21.6. The highest BCUT2D eigenvalue weighted by atomic mass is 127. The van der Waals surface area contributed by atoms with Gasteiger partial charge in [-0.3, -0.25) is 4.99 Å². The Hall–Kier alpha value is -0.410. The second-order valence-electron chi connectivity index (χ2n) is 6.42. The van der Waals surface area contributed by atoms with Crippen molar-refractivity contribution in [2.75, 3.05) is 26.2 Å². The van der Waals surface area contributed by atoms with E-state index in [0.29, 0.717) is 12.1 Å². The zero-order chi connectivity index (χ0) is 16.7. The summed E-state index contributed by atoms with van der Waals surface area (Å²) in [5, 5.41) is 8.14. The highest BCUT2D eigenvalue weighted by Gasteiger charge is 2.21. The minimum absolute atomic E-state index is 0. The molecule has 0 radical (unpaired) electrons. The van der Waals surface area contributed by atoms with Gasteiger partial charge >= 0.3 is 0 Å². The summed E-state index contributed by atoms with van der Waals surface area (Å²) in [5.41, 5.74) is 0. The fourth-order valence-electron chi connectivity index (χ4n) is 2.85. The fourth-order valence-corrected chi connectivity index (χ4v) is 3.63. The fraction of sp³-hybridized carbons (Fsp3) is 0.765. The maximum Gasteiger partial charge on any atom is 0.191 e. The van der Waals surface area contributed by atoms with Crippen LogP contribution in [-0.2, 0) is 6.42 Å². The smallest absolute Gasteiger partial charge is 0.191 e. The van der Waals surface area contributed by atoms with Crippen LogP contribution in [0.2, 0.25) is 0 Å². The summed E-state index contributed by atoms with van der Waals surface area (Å²) in [6.45, 7) is 12.8. The average molecular weight is 465 g/mol. The molecule has 0 atom stereocenters. The maximum absolute atomic E-state index is 4.71. The number of aliphatic imine (C=N–C) groups is 1. The zero-order valence-corrected chi connectivity index (χ0v) is 18.5. The number of piperidine rings is 1. The van der Waals surface area contributed by atoms with Crippen LogP contribution in [-0.4, -0.2) is 54.1 Å². The van der Waals surface area contributed by atoms with Crippen LogP contribution >= 0.6 is 35.3 Å². The van der Waals surface area contributed by atoms with Crippen molar-refractivity contribution in [3.63, 3.8) is 0 Å². The number of aryl methyl sites for hydroxylation is 1. The molecule has 1 aliphatic heterocycles. The molecule has 0 bridgehead atoms. The molecule has 1 aromatic heterocycles. The Balaban J connectivity index is 0.00000288. The van der Waals surface area contributed by atoms with Crippen molar-refractivity contribution in [1.82, 2.24) is 20.5 Å². The van der Waals surface area contributed by atoms with E-state index in [2.05, 4.69) is 48.2 Å². The van der Waals surface area contributed by atoms with Crippen LogP contribution in [0.25, 0.3) is 0 Å². The molecule has 2 heterocycles. The SMILES string of the molecule is CCNC(=NCCc1ncc(C)s1)NC1CCN(C(C)C)CC1.I. The lowest BCUT2D eigenvalue weighted by Crippen LogP contribution is -2.49. The van der Waals surface area contributed by atoms with Crippen molar-refractivity contribution in [2.24, 2.45) is 4.99 Å². The number of halogens is 1. The molecular weight excluding hydrogens is 433 g/mol. The van der Waals surface area contributed by atoms with Crippen molar-refractivity contribution in [2.45, 2.75) is 59.0 Å². The lowest BCUT2D eigenvalue weighted by Gasteiger charge is -2.35. The number of hydrogen-bond acceptors (Lipinski definition) is 4. The molecule has 5 nitrogen and oxygen atoms in total. The standard InChI is InChI=1S/C17H31N5S.HI/c1-5-18-17(19-9-6-16-20-12-14(4)23-16)21-15-7-10-22(11-8-15)13(2)3;/h12-13,15H,5-11H2,1-4H3,(H2,18,19,21);1H. The maximum atomic E-state index is 4.71. The van der Waals surface area contributed by atoms with Crippen LogP contribution in [0.3, 0.4) is 0 Å². The minimum atomic E-state index is 0. The van der Waals surface area contributed by atoms with Crippen LogP contribution in [0.1, 0.15) is 43.5 Å². The largest absolute Gasteiger partial charge is 0.357 e. The third-order valence-electron chi connectivity index (χ3n) is 4.21. The van der Waals surface area contributed by atoms with Crippen LogP contribution < -0.4 is 10.6 Å². The molecule has 1 aliphatic rings. The summed E-state index contributed by atoms with van der Waals surface area (Å²) in [4.78, 5) is 12.9. The van der Waals surface area contributed by atoms with Crippen molar-refractivity contribution in [1.29, 1.82) is 0 Å². The van der Waals surface area contributed by atoms with Crippen molar-refractivity contribution in [3.05, 3.63) is 16.1 Å². The number of hydrogen-bond donors (Lipinski definition) is 2. The lowest BCUT2D eigenvalue weighted by molar-refractivity contribution is 0.167. The number of aromatic nitrogens is 1. The number of nitrogens with one attached hydrogen (secondary N) is 2. The Morgan fingerprint density at radius 2 is 2.12 bits per heavy atom. The molecule has 0 aromatic carbocycles. The Bertz CT molecular complexity index is 495. The first-order valence-corrected chi connectivity index (χ1v) is 9.60. The Labute approximate surface area is 167 Å². The van der Waals surface area contributed by atoms with Crippen molar-refractivity contribution >= 4 is 41.3 Å². The van der Waals surface area contributed by atoms with E-state index in [0.717, 1.165) is 25.5 Å². The summed E-state index contributed by atoms with van der Waals surface area (Å²) >= 11 is 1.76. The van der Waals surface area contributed by atoms with E-state index in [1.165, 1.54) is 35.8 Å². The topological polar surface area (TPSA) is 52.6 Å². The van der Waals surface area contributed by atoms with Gasteiger partial charge in [-0.15, -0.1) is 35.3 Å². The predicted molar refractivity (Wildman–Crippen MR) is 115 cm³/mol. The molecule has 0 amide bonds. The number of thiazole rings is 1. The van der Waals surface area contributed by atoms with E-state index in [9.17, 15) is 0 Å². The van der Waals surface area contributed by atoms with E-state index < -0.39 is 0 Å². The van der Waals surface area contributed by atoms with E-state index in [-0.39, 0.29) is 24.0 Å². The summed E-state index contributed by atoms with van der Waals surface area (Å²) in [6, 6.07) is 1.18. The van der Waals surface area contributed by atoms with E-state index in [4.69, 9.17) is 4.99 Å². The Morgan fingerprint density at radius 1 is 1.42 bits per heavy atom. The third kappa shape index (κ3) is 7.23. The molecule has 0 aliphatic carbocycles. The molecule has 138 valence electrons. The zero-order valence-electron chi connectivity index (χ0n) is 15.3. The normalized spacial score (nSPS) is 17.0. The van der Waals surface area contributed by atoms with Crippen LogP contribution in [0.5, 0.6) is 0 Å². The molecule has 1 saturated heterocycles. The summed E-state index contributed by atoms with van der Waals surface area (Å²) in [7, 11) is 0. The van der Waals surface area contributed by atoms with Crippen LogP contribution in [0, 0.1) is 6.92 Å². The predicted octanol–water partition coefficient (Wildman–Crippen LogP) is 3.04. The minimum Gasteiger partial charge on any atom is -0.357 e. The molecule has 0 saturated carbocycles. The Kier molecular flexibility index (Phi) is 10.1. The first-order chi connectivity index (χ1) is 11.1. The van der Waals surface area contributed by atoms with Gasteiger partial charge in [0.25, 0.3) is 0 Å². The number of nitrogens with zero attached hydrogens (tertiary/aromatic N) is 3. The van der Waals surface area contributed by atoms with Crippen LogP contribution in [0.15, 0.2) is 11.2 Å². The molecule has 1 fully saturated rings. The van der Waals surface area contributed by atoms with Crippen LogP contribution in [0.4, 0.5) is 0 Å². The van der Waals surface area contributed by atoms with Gasteiger partial charge in [0.15, 0.2) is 5.96 Å². The quantitative estimate of drug-likeness (QED) is 0.385. The second-order valence-corrected chi connectivity index (χ2v) is 7.74. The monoisotopic (exact) mass is 465 g/mol. The van der Waals surface area contributed by atoms with Crippen molar-refractivity contribution in [3.8, 4) is 0 Å². The molecule has 0 spiro atoms. The molecular formula is C17H32IN5S. The second kappa shape index (κ2) is 11.3. The average Bonchev–Trinajstić information content (AvgIpc) is 2.93. The third-order valence-corrected chi connectivity index (χ3v) is 5.18. The molecule has 24 heavy (non-hydrogen) atoms. The van der Waals surface area contributed by atoms with Gasteiger partial charge in [0.2, 0.25) is 0 Å². The number of likely N-dealkylation sites (tertiary alicyclic amines) is 1.